The van der Waals surface area contributed by atoms with Crippen molar-refractivity contribution in [3.63, 3.8) is 0 Å². The zero-order valence-electron chi connectivity index (χ0n) is 15.6. The van der Waals surface area contributed by atoms with Crippen LogP contribution in [0.4, 0.5) is 5.69 Å². The molecule has 2 rings (SSSR count). The molecule has 3 N–H and O–H groups in total. The van der Waals surface area contributed by atoms with E-state index in [1.165, 1.54) is 5.56 Å². The van der Waals surface area contributed by atoms with Crippen LogP contribution in [0.2, 0.25) is 0 Å². The smallest absolute Gasteiger partial charge is 0.193 e. The lowest BCUT2D eigenvalue weighted by Gasteiger charge is -2.11. The Morgan fingerprint density at radius 2 is 1.81 bits per heavy atom. The van der Waals surface area contributed by atoms with Gasteiger partial charge in [0.25, 0.3) is 0 Å². The van der Waals surface area contributed by atoms with Crippen LogP contribution in [0.25, 0.3) is 0 Å². The molecule has 6 nitrogen and oxygen atoms in total. The molecule has 0 fully saturated rings. The summed E-state index contributed by atoms with van der Waals surface area (Å²) < 4.78 is 16.0. The van der Waals surface area contributed by atoms with Gasteiger partial charge in [0.1, 0.15) is 5.75 Å². The first-order valence-electron chi connectivity index (χ1n) is 8.67. The van der Waals surface area contributed by atoms with Crippen molar-refractivity contribution < 1.29 is 14.2 Å². The highest BCUT2D eigenvalue weighted by atomic mass is 16.5. The number of nitrogens with one attached hydrogen (secondary N) is 1. The molecule has 2 aromatic carbocycles. The van der Waals surface area contributed by atoms with Gasteiger partial charge >= 0.3 is 0 Å². The summed E-state index contributed by atoms with van der Waals surface area (Å²) >= 11 is 0. The molecule has 0 unspecified atom stereocenters. The van der Waals surface area contributed by atoms with Crippen LogP contribution in [-0.4, -0.2) is 33.3 Å². The number of methoxy groups -OCH3 is 2. The fourth-order valence-electron chi connectivity index (χ4n) is 2.49. The minimum absolute atomic E-state index is 0.403. The predicted molar refractivity (Wildman–Crippen MR) is 106 cm³/mol. The van der Waals surface area contributed by atoms with E-state index in [1.54, 1.807) is 14.2 Å². The van der Waals surface area contributed by atoms with E-state index in [0.29, 0.717) is 19.1 Å². The zero-order chi connectivity index (χ0) is 18.8. The Morgan fingerprint density at radius 1 is 1.04 bits per heavy atom. The van der Waals surface area contributed by atoms with E-state index in [0.717, 1.165) is 35.8 Å². The maximum atomic E-state index is 5.93. The highest BCUT2D eigenvalue weighted by molar-refractivity contribution is 5.92. The molecule has 0 aliphatic heterocycles. The Kier molecular flexibility index (Phi) is 7.61. The van der Waals surface area contributed by atoms with Crippen molar-refractivity contribution in [3.8, 4) is 17.2 Å². The highest BCUT2D eigenvalue weighted by Gasteiger charge is 2.05. The topological polar surface area (TPSA) is 78.1 Å². The number of rotatable bonds is 9. The Labute approximate surface area is 155 Å². The number of benzene rings is 2. The molecule has 6 heteroatoms. The van der Waals surface area contributed by atoms with Crippen molar-refractivity contribution in [1.29, 1.82) is 0 Å². The first kappa shape index (κ1) is 19.4. The van der Waals surface area contributed by atoms with Crippen LogP contribution >= 0.6 is 0 Å². The fraction of sp³-hybridized carbons (Fsp3) is 0.350. The van der Waals surface area contributed by atoms with Crippen LogP contribution < -0.4 is 25.3 Å². The van der Waals surface area contributed by atoms with Crippen molar-refractivity contribution in [3.05, 3.63) is 48.0 Å². The molecule has 0 radical (unpaired) electrons. The maximum absolute atomic E-state index is 5.93. The number of hydrogen-bond acceptors (Lipinski definition) is 4. The van der Waals surface area contributed by atoms with E-state index in [-0.39, 0.29) is 0 Å². The number of anilines is 1. The Balaban J connectivity index is 1.82. The quantitative estimate of drug-likeness (QED) is 0.408. The molecule has 0 saturated heterocycles. The zero-order valence-corrected chi connectivity index (χ0v) is 15.6. The lowest BCUT2D eigenvalue weighted by molar-refractivity contribution is 0.310. The van der Waals surface area contributed by atoms with Gasteiger partial charge < -0.3 is 25.3 Å². The summed E-state index contributed by atoms with van der Waals surface area (Å²) in [5.41, 5.74) is 7.99. The molecule has 0 saturated carbocycles. The lowest BCUT2D eigenvalue weighted by Crippen LogP contribution is -2.22. The second kappa shape index (κ2) is 10.2. The largest absolute Gasteiger partial charge is 0.497 e. The fourth-order valence-corrected chi connectivity index (χ4v) is 2.49. The first-order valence-corrected chi connectivity index (χ1v) is 8.67. The second-order valence-electron chi connectivity index (χ2n) is 5.64. The molecule has 0 bridgehead atoms. The molecular weight excluding hydrogens is 330 g/mol. The summed E-state index contributed by atoms with van der Waals surface area (Å²) in [6.45, 7) is 3.21. The number of hydrogen-bond donors (Lipinski definition) is 2. The van der Waals surface area contributed by atoms with Crippen LogP contribution in [0.1, 0.15) is 18.9 Å². The normalized spacial score (nSPS) is 11.1. The molecule has 140 valence electrons. The van der Waals surface area contributed by atoms with Gasteiger partial charge in [0.2, 0.25) is 0 Å². The van der Waals surface area contributed by atoms with Gasteiger partial charge in [-0.15, -0.1) is 0 Å². The number of ether oxygens (including phenoxy) is 3. The van der Waals surface area contributed by atoms with Crippen LogP contribution in [0.5, 0.6) is 17.2 Å². The molecule has 0 spiro atoms. The molecule has 0 heterocycles. The molecule has 0 aliphatic carbocycles. The van der Waals surface area contributed by atoms with E-state index in [4.69, 9.17) is 19.9 Å². The number of nitrogens with two attached hydrogens (primary N) is 1. The van der Waals surface area contributed by atoms with Crippen LogP contribution in [0, 0.1) is 0 Å². The van der Waals surface area contributed by atoms with Crippen molar-refractivity contribution in [2.75, 3.05) is 32.7 Å². The first-order chi connectivity index (χ1) is 12.7. The van der Waals surface area contributed by atoms with Crippen molar-refractivity contribution in [2.24, 2.45) is 10.7 Å². The van der Waals surface area contributed by atoms with Gasteiger partial charge in [0.15, 0.2) is 17.5 Å². The van der Waals surface area contributed by atoms with Gasteiger partial charge in [-0.05, 0) is 61.7 Å². The monoisotopic (exact) mass is 357 g/mol. The minimum Gasteiger partial charge on any atom is -0.497 e. The van der Waals surface area contributed by atoms with E-state index < -0.39 is 0 Å². The maximum Gasteiger partial charge on any atom is 0.193 e. The van der Waals surface area contributed by atoms with Gasteiger partial charge in [0.05, 0.1) is 20.8 Å². The van der Waals surface area contributed by atoms with Gasteiger partial charge in [-0.3, -0.25) is 4.99 Å². The van der Waals surface area contributed by atoms with E-state index in [1.807, 2.05) is 49.4 Å². The summed E-state index contributed by atoms with van der Waals surface area (Å²) in [4.78, 5) is 4.37. The van der Waals surface area contributed by atoms with Crippen LogP contribution in [0.15, 0.2) is 47.5 Å². The van der Waals surface area contributed by atoms with E-state index in [2.05, 4.69) is 10.3 Å². The van der Waals surface area contributed by atoms with E-state index >= 15 is 0 Å². The van der Waals surface area contributed by atoms with Gasteiger partial charge in [-0.2, -0.15) is 0 Å². The molecule has 0 aromatic heterocycles. The number of nitrogens with zero attached hydrogens (tertiary/aromatic N) is 1. The number of aryl methyl sites for hydroxylation is 1. The molecule has 0 atom stereocenters. The SMILES string of the molecule is CCOc1cc(CCCN=C(N)Nc2ccc(OC)cc2)ccc1OC. The Hall–Kier alpha value is -2.89. The summed E-state index contributed by atoms with van der Waals surface area (Å²) in [5.74, 6) is 2.73. The van der Waals surface area contributed by atoms with Crippen molar-refractivity contribution in [2.45, 2.75) is 19.8 Å². The van der Waals surface area contributed by atoms with Gasteiger partial charge in [-0.1, -0.05) is 6.07 Å². The second-order valence-corrected chi connectivity index (χ2v) is 5.64. The molecule has 0 amide bonds. The van der Waals surface area contributed by atoms with E-state index in [9.17, 15) is 0 Å². The average Bonchev–Trinajstić information content (AvgIpc) is 2.66. The lowest BCUT2D eigenvalue weighted by atomic mass is 10.1. The Bertz CT molecular complexity index is 715. The minimum atomic E-state index is 0.403. The average molecular weight is 357 g/mol. The van der Waals surface area contributed by atoms with Crippen molar-refractivity contribution in [1.82, 2.24) is 0 Å². The third-order valence-electron chi connectivity index (χ3n) is 3.80. The molecule has 2 aromatic rings. The summed E-state index contributed by atoms with van der Waals surface area (Å²) in [6.07, 6.45) is 1.78. The van der Waals surface area contributed by atoms with Gasteiger partial charge in [-0.25, -0.2) is 0 Å². The standard InChI is InChI=1S/C20H27N3O3/c1-4-26-19-14-15(7-12-18(19)25-3)6-5-13-22-20(21)23-16-8-10-17(24-2)11-9-16/h7-12,14H,4-6,13H2,1-3H3,(H3,21,22,23). The van der Waals surface area contributed by atoms with Gasteiger partial charge in [0, 0.05) is 12.2 Å². The summed E-state index contributed by atoms with van der Waals surface area (Å²) in [5, 5.41) is 3.07. The van der Waals surface area contributed by atoms with Crippen LogP contribution in [-0.2, 0) is 6.42 Å². The molecular formula is C20H27N3O3. The highest BCUT2D eigenvalue weighted by Crippen LogP contribution is 2.28. The number of guanidine groups is 1. The van der Waals surface area contributed by atoms with Crippen LogP contribution in [0.3, 0.4) is 0 Å². The third kappa shape index (κ3) is 5.88. The molecule has 0 aliphatic rings. The summed E-state index contributed by atoms with van der Waals surface area (Å²) in [6, 6.07) is 13.5. The number of aliphatic imine (C=N–C) groups is 1. The predicted octanol–water partition coefficient (Wildman–Crippen LogP) is 3.46. The Morgan fingerprint density at radius 3 is 2.46 bits per heavy atom. The summed E-state index contributed by atoms with van der Waals surface area (Å²) in [7, 11) is 3.28. The van der Waals surface area contributed by atoms with Crippen molar-refractivity contribution >= 4 is 11.6 Å². The molecule has 26 heavy (non-hydrogen) atoms. The third-order valence-corrected chi connectivity index (χ3v) is 3.80.